The summed E-state index contributed by atoms with van der Waals surface area (Å²) in [6, 6.07) is -0.972. The summed E-state index contributed by atoms with van der Waals surface area (Å²) < 4.78 is 0. The second-order valence-corrected chi connectivity index (χ2v) is 6.61. The highest BCUT2D eigenvalue weighted by molar-refractivity contribution is 5.83. The number of amides is 1. The molecule has 0 rings (SSSR count). The topological polar surface area (TPSA) is 86.6 Å². The van der Waals surface area contributed by atoms with Crippen molar-refractivity contribution in [3.05, 3.63) is 0 Å². The first kappa shape index (κ1) is 22.9. The molecule has 142 valence electrons. The fourth-order valence-electron chi connectivity index (χ4n) is 2.78. The normalized spacial score (nSPS) is 12.1. The predicted molar refractivity (Wildman–Crippen MR) is 97.0 cm³/mol. The van der Waals surface area contributed by atoms with Gasteiger partial charge in [0.05, 0.1) is 0 Å². The van der Waals surface area contributed by atoms with Gasteiger partial charge in [0.15, 0.2) is 0 Å². The molecule has 5 heteroatoms. The smallest absolute Gasteiger partial charge is 0.326 e. The lowest BCUT2D eigenvalue weighted by Crippen LogP contribution is -2.41. The number of carboxylic acid groups (broad SMARTS) is 1. The number of aliphatic hydroxyl groups excluding tert-OH is 1. The molecule has 0 aromatic carbocycles. The number of aliphatic carboxylic acids is 1. The standard InChI is InChI=1S/C19H37NO4/c1-2-3-4-5-6-7-8-9-10-11-12-13-14-18(22)20-17(15-16-21)19(23)24/h17,21H,2-16H2,1H3,(H,20,22)(H,23,24)/t17-/m0/s1. The largest absolute Gasteiger partial charge is 0.480 e. The zero-order valence-electron chi connectivity index (χ0n) is 15.4. The Morgan fingerprint density at radius 2 is 1.29 bits per heavy atom. The molecule has 0 aromatic rings. The van der Waals surface area contributed by atoms with Crippen molar-refractivity contribution in [2.45, 2.75) is 103 Å². The molecule has 1 amide bonds. The summed E-state index contributed by atoms with van der Waals surface area (Å²) in [4.78, 5) is 22.5. The van der Waals surface area contributed by atoms with E-state index in [1.54, 1.807) is 0 Å². The van der Waals surface area contributed by atoms with Gasteiger partial charge in [0.2, 0.25) is 5.91 Å². The summed E-state index contributed by atoms with van der Waals surface area (Å²) in [6.07, 6.45) is 15.3. The zero-order chi connectivity index (χ0) is 18.0. The van der Waals surface area contributed by atoms with E-state index in [0.717, 1.165) is 19.3 Å². The third-order valence-electron chi connectivity index (χ3n) is 4.31. The van der Waals surface area contributed by atoms with Crippen molar-refractivity contribution in [3.8, 4) is 0 Å². The third-order valence-corrected chi connectivity index (χ3v) is 4.31. The van der Waals surface area contributed by atoms with E-state index < -0.39 is 12.0 Å². The lowest BCUT2D eigenvalue weighted by Gasteiger charge is -2.12. The van der Waals surface area contributed by atoms with Crippen molar-refractivity contribution in [2.75, 3.05) is 6.61 Å². The molecule has 0 fully saturated rings. The number of unbranched alkanes of at least 4 members (excludes halogenated alkanes) is 11. The summed E-state index contributed by atoms with van der Waals surface area (Å²) in [7, 11) is 0. The van der Waals surface area contributed by atoms with Crippen molar-refractivity contribution in [3.63, 3.8) is 0 Å². The molecule has 0 aliphatic heterocycles. The number of hydrogen-bond acceptors (Lipinski definition) is 3. The average Bonchev–Trinajstić information content (AvgIpc) is 2.55. The number of nitrogens with one attached hydrogen (secondary N) is 1. The Balaban J connectivity index is 3.40. The molecule has 5 nitrogen and oxygen atoms in total. The number of rotatable bonds is 17. The molecular weight excluding hydrogens is 306 g/mol. The minimum atomic E-state index is -1.09. The van der Waals surface area contributed by atoms with Gasteiger partial charge in [-0.05, 0) is 6.42 Å². The molecule has 0 bridgehead atoms. The van der Waals surface area contributed by atoms with Gasteiger partial charge < -0.3 is 15.5 Å². The van der Waals surface area contributed by atoms with Gasteiger partial charge in [0.1, 0.15) is 6.04 Å². The van der Waals surface area contributed by atoms with E-state index in [-0.39, 0.29) is 18.9 Å². The Morgan fingerprint density at radius 3 is 1.71 bits per heavy atom. The van der Waals surface area contributed by atoms with Crippen molar-refractivity contribution < 1.29 is 19.8 Å². The Morgan fingerprint density at radius 1 is 0.833 bits per heavy atom. The molecule has 0 aromatic heterocycles. The second-order valence-electron chi connectivity index (χ2n) is 6.61. The number of carbonyl (C=O) groups is 2. The van der Waals surface area contributed by atoms with E-state index >= 15 is 0 Å². The fourth-order valence-corrected chi connectivity index (χ4v) is 2.78. The summed E-state index contributed by atoms with van der Waals surface area (Å²) in [5, 5.41) is 20.1. The maximum absolute atomic E-state index is 11.7. The van der Waals surface area contributed by atoms with E-state index in [1.165, 1.54) is 57.8 Å². The molecule has 0 heterocycles. The quantitative estimate of drug-likeness (QED) is 0.348. The van der Waals surface area contributed by atoms with Gasteiger partial charge in [-0.1, -0.05) is 77.6 Å². The van der Waals surface area contributed by atoms with Crippen LogP contribution < -0.4 is 5.32 Å². The van der Waals surface area contributed by atoms with E-state index in [1.807, 2.05) is 0 Å². The number of carbonyl (C=O) groups excluding carboxylic acids is 1. The molecule has 3 N–H and O–H groups in total. The first-order valence-corrected chi connectivity index (χ1v) is 9.74. The average molecular weight is 344 g/mol. The molecule has 0 unspecified atom stereocenters. The molecule has 1 atom stereocenters. The Hall–Kier alpha value is -1.10. The van der Waals surface area contributed by atoms with Crippen LogP contribution in [0.1, 0.15) is 96.8 Å². The minimum absolute atomic E-state index is 0.0551. The molecule has 24 heavy (non-hydrogen) atoms. The van der Waals surface area contributed by atoms with Gasteiger partial charge in [-0.2, -0.15) is 0 Å². The van der Waals surface area contributed by atoms with Crippen LogP contribution >= 0.6 is 0 Å². The predicted octanol–water partition coefficient (Wildman–Crippen LogP) is 4.03. The lowest BCUT2D eigenvalue weighted by atomic mass is 10.0. The summed E-state index contributed by atoms with van der Waals surface area (Å²) in [5.41, 5.74) is 0. The summed E-state index contributed by atoms with van der Waals surface area (Å²) in [5.74, 6) is -1.32. The van der Waals surface area contributed by atoms with E-state index in [0.29, 0.717) is 6.42 Å². The van der Waals surface area contributed by atoms with Crippen LogP contribution in [0.3, 0.4) is 0 Å². The fraction of sp³-hybridized carbons (Fsp3) is 0.895. The molecular formula is C19H37NO4. The van der Waals surface area contributed by atoms with Crippen LogP contribution in [0.25, 0.3) is 0 Å². The Bertz CT molecular complexity index is 320. The van der Waals surface area contributed by atoms with Crippen LogP contribution in [0, 0.1) is 0 Å². The van der Waals surface area contributed by atoms with Gasteiger partial charge in [0, 0.05) is 19.4 Å². The molecule has 0 aliphatic rings. The van der Waals surface area contributed by atoms with E-state index in [2.05, 4.69) is 12.2 Å². The van der Waals surface area contributed by atoms with Crippen LogP contribution in [0.4, 0.5) is 0 Å². The Kier molecular flexibility index (Phi) is 16.0. The van der Waals surface area contributed by atoms with Gasteiger partial charge in [0.25, 0.3) is 0 Å². The first-order chi connectivity index (χ1) is 11.6. The van der Waals surface area contributed by atoms with Crippen molar-refractivity contribution >= 4 is 11.9 Å². The third kappa shape index (κ3) is 14.5. The van der Waals surface area contributed by atoms with E-state index in [9.17, 15) is 9.59 Å². The van der Waals surface area contributed by atoms with Gasteiger partial charge in [-0.3, -0.25) is 4.79 Å². The van der Waals surface area contributed by atoms with Gasteiger partial charge in [-0.25, -0.2) is 4.79 Å². The molecule has 0 saturated heterocycles. The van der Waals surface area contributed by atoms with Crippen molar-refractivity contribution in [2.24, 2.45) is 0 Å². The van der Waals surface area contributed by atoms with Crippen LogP contribution in [0.15, 0.2) is 0 Å². The first-order valence-electron chi connectivity index (χ1n) is 9.74. The maximum atomic E-state index is 11.7. The highest BCUT2D eigenvalue weighted by Crippen LogP contribution is 2.12. The van der Waals surface area contributed by atoms with Crippen LogP contribution in [-0.4, -0.2) is 34.7 Å². The highest BCUT2D eigenvalue weighted by atomic mass is 16.4. The molecule has 0 saturated carbocycles. The van der Waals surface area contributed by atoms with Crippen molar-refractivity contribution in [1.29, 1.82) is 0 Å². The summed E-state index contributed by atoms with van der Waals surface area (Å²) >= 11 is 0. The SMILES string of the molecule is CCCCCCCCCCCCCCC(=O)N[C@@H](CCO)C(=O)O. The van der Waals surface area contributed by atoms with Crippen LogP contribution in [0.5, 0.6) is 0 Å². The minimum Gasteiger partial charge on any atom is -0.480 e. The zero-order valence-corrected chi connectivity index (χ0v) is 15.4. The number of aliphatic hydroxyl groups is 1. The molecule has 0 spiro atoms. The highest BCUT2D eigenvalue weighted by Gasteiger charge is 2.18. The number of hydrogen-bond donors (Lipinski definition) is 3. The molecule has 0 radical (unpaired) electrons. The second kappa shape index (κ2) is 16.7. The van der Waals surface area contributed by atoms with E-state index in [4.69, 9.17) is 10.2 Å². The van der Waals surface area contributed by atoms with Crippen LogP contribution in [-0.2, 0) is 9.59 Å². The maximum Gasteiger partial charge on any atom is 0.326 e. The number of carboxylic acids is 1. The lowest BCUT2D eigenvalue weighted by molar-refractivity contribution is -0.142. The monoisotopic (exact) mass is 343 g/mol. The van der Waals surface area contributed by atoms with Gasteiger partial charge in [-0.15, -0.1) is 0 Å². The van der Waals surface area contributed by atoms with Crippen LogP contribution in [0.2, 0.25) is 0 Å². The Labute approximate surface area is 147 Å². The molecule has 0 aliphatic carbocycles. The summed E-state index contributed by atoms with van der Waals surface area (Å²) in [6.45, 7) is 2.00. The van der Waals surface area contributed by atoms with Crippen molar-refractivity contribution in [1.82, 2.24) is 5.32 Å². The van der Waals surface area contributed by atoms with Gasteiger partial charge >= 0.3 is 5.97 Å².